The zero-order valence-corrected chi connectivity index (χ0v) is 9.99. The third-order valence-electron chi connectivity index (χ3n) is 1.56. The van der Waals surface area contributed by atoms with E-state index in [1.54, 1.807) is 0 Å². The number of rotatable bonds is 1. The van der Waals surface area contributed by atoms with Gasteiger partial charge in [-0.2, -0.15) is 6.41 Å². The fourth-order valence-corrected chi connectivity index (χ4v) is 0.909. The Morgan fingerprint density at radius 2 is 1.83 bits per heavy atom. The van der Waals surface area contributed by atoms with Crippen molar-refractivity contribution in [1.82, 2.24) is 4.90 Å². The molecule has 6 heteroatoms. The molecule has 1 aliphatic rings. The number of amides is 1. The Bertz CT molecular complexity index is 128. The average molecular weight is 245 g/mol. The standard InChI is InChI=1S/C6H11BNO3.Y/c1-7-10-4-2-8(6-9)3-5-11-7;/h2-5H2,1H3;/q-1;. The van der Waals surface area contributed by atoms with Gasteiger partial charge in [-0.05, 0) is 6.82 Å². The number of carbonyl (C=O) groups excluding carboxylic acids is 1. The monoisotopic (exact) mass is 245 g/mol. The fraction of sp³-hybridized carbons (Fsp3) is 0.833. The van der Waals surface area contributed by atoms with Crippen molar-refractivity contribution in [2.24, 2.45) is 0 Å². The molecule has 12 heavy (non-hydrogen) atoms. The predicted octanol–water partition coefficient (Wildman–Crippen LogP) is -0.482. The molecule has 1 fully saturated rings. The van der Waals surface area contributed by atoms with Gasteiger partial charge in [0.25, 0.3) is 0 Å². The molecule has 0 aromatic carbocycles. The van der Waals surface area contributed by atoms with Crippen LogP contribution in [0.25, 0.3) is 0 Å². The van der Waals surface area contributed by atoms with E-state index in [0.717, 1.165) is 0 Å². The van der Waals surface area contributed by atoms with Gasteiger partial charge in [0.15, 0.2) is 0 Å². The van der Waals surface area contributed by atoms with Crippen LogP contribution in [-0.4, -0.2) is 44.7 Å². The number of hydrogen-bond donors (Lipinski definition) is 0. The van der Waals surface area contributed by atoms with Gasteiger partial charge in [0.2, 0.25) is 0 Å². The third-order valence-corrected chi connectivity index (χ3v) is 1.56. The van der Waals surface area contributed by atoms with Gasteiger partial charge in [-0.15, -0.1) is 0 Å². The maximum Gasteiger partial charge on any atom is 0.453 e. The Balaban J connectivity index is 0.00000121. The molecule has 0 unspecified atom stereocenters. The Kier molecular flexibility index (Phi) is 7.34. The van der Waals surface area contributed by atoms with Gasteiger partial charge >= 0.3 is 7.12 Å². The van der Waals surface area contributed by atoms with Crippen molar-refractivity contribution < 1.29 is 46.8 Å². The second-order valence-electron chi connectivity index (χ2n) is 2.39. The Labute approximate surface area is 98.0 Å². The minimum atomic E-state index is -0.149. The average Bonchev–Trinajstić information content (AvgIpc) is 1.96. The molecule has 1 radical (unpaired) electrons. The minimum absolute atomic E-state index is 0. The van der Waals surface area contributed by atoms with Gasteiger partial charge < -0.3 is 19.0 Å². The first kappa shape index (κ1) is 12.6. The largest absolute Gasteiger partial charge is 0.520 e. The maximum atomic E-state index is 10.2. The van der Waals surface area contributed by atoms with E-state index in [1.807, 2.05) is 13.2 Å². The summed E-state index contributed by atoms with van der Waals surface area (Å²) in [6.45, 7) is 4.11. The van der Waals surface area contributed by atoms with E-state index < -0.39 is 0 Å². The topological polar surface area (TPSA) is 38.8 Å². The molecule has 1 saturated heterocycles. The van der Waals surface area contributed by atoms with Crippen LogP contribution in [0.5, 0.6) is 0 Å². The number of nitrogens with zero attached hydrogens (tertiary/aromatic N) is 1. The molecule has 0 aliphatic carbocycles. The fourth-order valence-electron chi connectivity index (χ4n) is 0.909. The van der Waals surface area contributed by atoms with Crippen molar-refractivity contribution in [3.8, 4) is 0 Å². The molecule has 1 amide bonds. The van der Waals surface area contributed by atoms with Crippen LogP contribution in [0.15, 0.2) is 0 Å². The Morgan fingerprint density at radius 1 is 1.33 bits per heavy atom. The summed E-state index contributed by atoms with van der Waals surface area (Å²) in [5.41, 5.74) is 0. The van der Waals surface area contributed by atoms with Crippen LogP contribution in [0.2, 0.25) is 6.82 Å². The molecule has 0 aromatic heterocycles. The zero-order chi connectivity index (χ0) is 8.10. The summed E-state index contributed by atoms with van der Waals surface area (Å²) < 4.78 is 10.3. The molecule has 65 valence electrons. The van der Waals surface area contributed by atoms with Crippen molar-refractivity contribution in [1.29, 1.82) is 0 Å². The normalized spacial score (nSPS) is 19.1. The van der Waals surface area contributed by atoms with Crippen molar-refractivity contribution in [3.05, 3.63) is 0 Å². The first-order valence-corrected chi connectivity index (χ1v) is 3.69. The smallest absolute Gasteiger partial charge is 0.453 e. The van der Waals surface area contributed by atoms with Crippen molar-refractivity contribution in [3.63, 3.8) is 0 Å². The van der Waals surface area contributed by atoms with Crippen LogP contribution in [0.1, 0.15) is 0 Å². The summed E-state index contributed by atoms with van der Waals surface area (Å²) in [4.78, 5) is 11.7. The van der Waals surface area contributed by atoms with Crippen LogP contribution in [0.3, 0.4) is 0 Å². The van der Waals surface area contributed by atoms with E-state index in [-0.39, 0.29) is 39.8 Å². The second-order valence-corrected chi connectivity index (χ2v) is 2.39. The Hall–Kier alpha value is 0.559. The van der Waals surface area contributed by atoms with Crippen molar-refractivity contribution >= 4 is 13.5 Å². The van der Waals surface area contributed by atoms with Crippen molar-refractivity contribution in [2.45, 2.75) is 6.82 Å². The van der Waals surface area contributed by atoms with Gasteiger partial charge in [0, 0.05) is 59.0 Å². The van der Waals surface area contributed by atoms with Gasteiger partial charge in [-0.1, -0.05) is 0 Å². The molecule has 1 aliphatic heterocycles. The predicted molar refractivity (Wildman–Crippen MR) is 40.8 cm³/mol. The van der Waals surface area contributed by atoms with Crippen LogP contribution >= 0.6 is 0 Å². The van der Waals surface area contributed by atoms with E-state index in [4.69, 9.17) is 9.31 Å². The molecule has 1 rings (SSSR count). The third kappa shape index (κ3) is 4.55. The van der Waals surface area contributed by atoms with Crippen LogP contribution in [0, 0.1) is 0 Å². The van der Waals surface area contributed by atoms with Gasteiger partial charge in [0.05, 0.1) is 0 Å². The van der Waals surface area contributed by atoms with Gasteiger partial charge in [-0.3, -0.25) is 0 Å². The second kappa shape index (κ2) is 7.01. The van der Waals surface area contributed by atoms with Gasteiger partial charge in [-0.25, -0.2) is 0 Å². The molecule has 1 heterocycles. The molecule has 4 nitrogen and oxygen atoms in total. The molecule has 0 N–H and O–H groups in total. The van der Waals surface area contributed by atoms with Crippen molar-refractivity contribution in [2.75, 3.05) is 26.3 Å². The zero-order valence-electron chi connectivity index (χ0n) is 7.16. The van der Waals surface area contributed by atoms with E-state index in [1.165, 1.54) is 4.90 Å². The van der Waals surface area contributed by atoms with E-state index >= 15 is 0 Å². The summed E-state index contributed by atoms with van der Waals surface area (Å²) in [7, 11) is -0.149. The maximum absolute atomic E-state index is 10.2. The molecule has 0 saturated carbocycles. The SMILES string of the molecule is CB1OCCN([C-]=O)CCO1.[Y]. The summed E-state index contributed by atoms with van der Waals surface area (Å²) in [6.07, 6.45) is 1.81. The molecule has 0 aromatic rings. The summed E-state index contributed by atoms with van der Waals surface area (Å²) in [5, 5.41) is 0. The first-order valence-electron chi connectivity index (χ1n) is 3.69. The van der Waals surface area contributed by atoms with E-state index in [9.17, 15) is 4.79 Å². The van der Waals surface area contributed by atoms with E-state index in [0.29, 0.717) is 26.3 Å². The minimum Gasteiger partial charge on any atom is -0.520 e. The molecular weight excluding hydrogens is 234 g/mol. The molecule has 0 bridgehead atoms. The quantitative estimate of drug-likeness (QED) is 0.462. The first-order chi connectivity index (χ1) is 5.33. The van der Waals surface area contributed by atoms with Crippen LogP contribution < -0.4 is 0 Å². The summed E-state index contributed by atoms with van der Waals surface area (Å²) in [5.74, 6) is 0. The van der Waals surface area contributed by atoms with Crippen LogP contribution in [0.4, 0.5) is 0 Å². The molecule has 0 atom stereocenters. The number of hydrogen-bond acceptors (Lipinski definition) is 3. The van der Waals surface area contributed by atoms with E-state index in [2.05, 4.69) is 0 Å². The molecular formula is C6H11BNO3Y-. The summed E-state index contributed by atoms with van der Waals surface area (Å²) >= 11 is 0. The Morgan fingerprint density at radius 3 is 2.25 bits per heavy atom. The van der Waals surface area contributed by atoms with Gasteiger partial charge in [0.1, 0.15) is 0 Å². The molecule has 0 spiro atoms. The van der Waals surface area contributed by atoms with Crippen LogP contribution in [-0.2, 0) is 46.8 Å². The summed E-state index contributed by atoms with van der Waals surface area (Å²) in [6, 6.07) is 0.